The Bertz CT molecular complexity index is 971. The lowest BCUT2D eigenvalue weighted by molar-refractivity contribution is -0.135. The minimum absolute atomic E-state index is 0.0476. The molecule has 3 rings (SSSR count). The molecule has 0 aliphatic heterocycles. The van der Waals surface area contributed by atoms with Gasteiger partial charge in [0, 0.05) is 15.8 Å². The number of carbonyl (C=O) groups is 2. The molecule has 0 saturated heterocycles. The Morgan fingerprint density at radius 1 is 1.04 bits per heavy atom. The summed E-state index contributed by atoms with van der Waals surface area (Å²) in [6, 6.07) is 13.8. The monoisotopic (exact) mass is 354 g/mol. The Kier molecular flexibility index (Phi) is 4.58. The van der Waals surface area contributed by atoms with Crippen LogP contribution in [-0.2, 0) is 4.79 Å². The number of phenolic OH excluding ortho intramolecular Hbond substituents is 1. The number of hydrogen-bond donors (Lipinski definition) is 4. The highest BCUT2D eigenvalue weighted by Gasteiger charge is 2.18. The van der Waals surface area contributed by atoms with Gasteiger partial charge in [-0.2, -0.15) is 0 Å². The topological polar surface area (TPSA) is 99.5 Å². The van der Waals surface area contributed by atoms with Gasteiger partial charge in [-0.3, -0.25) is 9.59 Å². The molecule has 0 atom stereocenters. The quantitative estimate of drug-likeness (QED) is 0.540. The first-order chi connectivity index (χ1) is 12.0. The zero-order chi connectivity index (χ0) is 18.0. The first-order valence-electron chi connectivity index (χ1n) is 7.38. The number of carboxylic acids is 1. The van der Waals surface area contributed by atoms with Crippen LogP contribution in [-0.4, -0.2) is 33.6 Å². The number of nitrogens with zero attached hydrogens (tertiary/aromatic N) is 1. The Balaban J connectivity index is 2.18. The Morgan fingerprint density at radius 3 is 2.32 bits per heavy atom. The summed E-state index contributed by atoms with van der Waals surface area (Å²) in [5.74, 6) is -1.63. The second-order valence-corrected chi connectivity index (χ2v) is 5.77. The van der Waals surface area contributed by atoms with Crippen LogP contribution in [0.15, 0.2) is 53.4 Å². The number of benzene rings is 2. The van der Waals surface area contributed by atoms with E-state index < -0.39 is 18.4 Å². The summed E-state index contributed by atoms with van der Waals surface area (Å²) < 4.78 is 0. The lowest BCUT2D eigenvalue weighted by Crippen LogP contribution is -2.30. The summed E-state index contributed by atoms with van der Waals surface area (Å²) in [4.78, 5) is 27.8. The number of thiol groups is 1. The molecule has 0 unspecified atom stereocenters. The molecule has 0 radical (unpaired) electrons. The van der Waals surface area contributed by atoms with E-state index in [9.17, 15) is 14.7 Å². The number of aliphatic carboxylic acids is 1. The van der Waals surface area contributed by atoms with Gasteiger partial charge in [0.2, 0.25) is 0 Å². The standard InChI is InChI=1S/C18H14N2O4S/c21-11-7-5-10(6-8-11)15-12-3-1-2-4-13(12)17(25)16(20-15)18(24)19-9-14(22)23/h1-8,21,25H,9H2,(H,19,24)(H,22,23). The van der Waals surface area contributed by atoms with Crippen molar-refractivity contribution in [2.24, 2.45) is 0 Å². The van der Waals surface area contributed by atoms with Gasteiger partial charge in [0.1, 0.15) is 18.0 Å². The number of carboxylic acid groups (broad SMARTS) is 1. The molecular formula is C18H14N2O4S. The van der Waals surface area contributed by atoms with Crippen LogP contribution in [0.25, 0.3) is 22.0 Å². The average molecular weight is 354 g/mol. The normalized spacial score (nSPS) is 10.6. The van der Waals surface area contributed by atoms with Crippen LogP contribution in [0.5, 0.6) is 5.75 Å². The van der Waals surface area contributed by atoms with Gasteiger partial charge in [-0.15, -0.1) is 12.6 Å². The predicted octanol–water partition coefficient (Wildman–Crippen LogP) is 2.71. The van der Waals surface area contributed by atoms with Crippen molar-refractivity contribution in [3.05, 3.63) is 54.2 Å². The molecule has 3 aromatic rings. The number of pyridine rings is 1. The fourth-order valence-electron chi connectivity index (χ4n) is 2.49. The number of amides is 1. The molecule has 6 nitrogen and oxygen atoms in total. The van der Waals surface area contributed by atoms with E-state index in [1.807, 2.05) is 24.3 Å². The number of aromatic nitrogens is 1. The molecule has 2 aromatic carbocycles. The molecule has 1 amide bonds. The number of fused-ring (bicyclic) bond motifs is 1. The highest BCUT2D eigenvalue weighted by atomic mass is 32.1. The highest BCUT2D eigenvalue weighted by Crippen LogP contribution is 2.33. The molecule has 0 spiro atoms. The molecule has 7 heteroatoms. The van der Waals surface area contributed by atoms with Gasteiger partial charge < -0.3 is 15.5 Å². The number of aromatic hydroxyl groups is 1. The molecule has 0 bridgehead atoms. The summed E-state index contributed by atoms with van der Waals surface area (Å²) in [6.07, 6.45) is 0. The van der Waals surface area contributed by atoms with Crippen molar-refractivity contribution >= 4 is 35.3 Å². The van der Waals surface area contributed by atoms with E-state index in [4.69, 9.17) is 5.11 Å². The van der Waals surface area contributed by atoms with Gasteiger partial charge in [-0.25, -0.2) is 4.98 Å². The number of carbonyl (C=O) groups excluding carboxylic acids is 1. The zero-order valence-electron chi connectivity index (χ0n) is 12.9. The van der Waals surface area contributed by atoms with Crippen molar-refractivity contribution in [3.8, 4) is 17.0 Å². The molecule has 1 heterocycles. The molecule has 0 aliphatic carbocycles. The van der Waals surface area contributed by atoms with Crippen LogP contribution in [0.3, 0.4) is 0 Å². The van der Waals surface area contributed by atoms with Crippen LogP contribution in [0, 0.1) is 0 Å². The largest absolute Gasteiger partial charge is 0.508 e. The number of nitrogens with one attached hydrogen (secondary N) is 1. The third-order valence-corrected chi connectivity index (χ3v) is 4.09. The van der Waals surface area contributed by atoms with Crippen LogP contribution >= 0.6 is 12.6 Å². The highest BCUT2D eigenvalue weighted by molar-refractivity contribution is 7.80. The molecule has 126 valence electrons. The minimum atomic E-state index is -1.14. The van der Waals surface area contributed by atoms with Crippen molar-refractivity contribution in [1.82, 2.24) is 10.3 Å². The molecule has 3 N–H and O–H groups in total. The van der Waals surface area contributed by atoms with Crippen molar-refractivity contribution in [3.63, 3.8) is 0 Å². The van der Waals surface area contributed by atoms with Gasteiger partial charge in [-0.05, 0) is 29.7 Å². The van der Waals surface area contributed by atoms with E-state index in [1.54, 1.807) is 12.1 Å². The smallest absolute Gasteiger partial charge is 0.322 e. The summed E-state index contributed by atoms with van der Waals surface area (Å²) in [6.45, 7) is -0.505. The second kappa shape index (κ2) is 6.82. The van der Waals surface area contributed by atoms with Crippen LogP contribution in [0.2, 0.25) is 0 Å². The van der Waals surface area contributed by atoms with Crippen LogP contribution in [0.4, 0.5) is 0 Å². The summed E-state index contributed by atoms with van der Waals surface area (Å²) in [5, 5.41) is 22.0. The van der Waals surface area contributed by atoms with E-state index in [0.29, 0.717) is 10.6 Å². The summed E-state index contributed by atoms with van der Waals surface area (Å²) in [7, 11) is 0. The predicted molar refractivity (Wildman–Crippen MR) is 96.1 cm³/mol. The SMILES string of the molecule is O=C(O)CNC(=O)c1nc(-c2ccc(O)cc2)c2ccccc2c1S. The molecule has 0 aliphatic rings. The van der Waals surface area contributed by atoms with E-state index in [-0.39, 0.29) is 11.4 Å². The Hall–Kier alpha value is -3.06. The number of hydrogen-bond acceptors (Lipinski definition) is 5. The van der Waals surface area contributed by atoms with Gasteiger partial charge in [-0.1, -0.05) is 24.3 Å². The van der Waals surface area contributed by atoms with Gasteiger partial charge in [0.05, 0.1) is 5.69 Å². The molecule has 1 aromatic heterocycles. The van der Waals surface area contributed by atoms with E-state index in [0.717, 1.165) is 16.3 Å². The van der Waals surface area contributed by atoms with Crippen molar-refractivity contribution in [1.29, 1.82) is 0 Å². The molecular weight excluding hydrogens is 340 g/mol. The number of phenols is 1. The molecule has 0 fully saturated rings. The third-order valence-electron chi connectivity index (χ3n) is 3.64. The van der Waals surface area contributed by atoms with E-state index in [2.05, 4.69) is 22.9 Å². The summed E-state index contributed by atoms with van der Waals surface area (Å²) >= 11 is 4.41. The fraction of sp³-hybridized carbons (Fsp3) is 0.0556. The summed E-state index contributed by atoms with van der Waals surface area (Å²) in [5.41, 5.74) is 1.31. The van der Waals surface area contributed by atoms with Crippen LogP contribution in [0.1, 0.15) is 10.5 Å². The van der Waals surface area contributed by atoms with Crippen molar-refractivity contribution in [2.45, 2.75) is 4.90 Å². The third kappa shape index (κ3) is 3.41. The maximum Gasteiger partial charge on any atom is 0.322 e. The van der Waals surface area contributed by atoms with Crippen LogP contribution < -0.4 is 5.32 Å². The molecule has 0 saturated carbocycles. The van der Waals surface area contributed by atoms with Gasteiger partial charge in [0.25, 0.3) is 5.91 Å². The van der Waals surface area contributed by atoms with Gasteiger partial charge in [0.15, 0.2) is 0 Å². The van der Waals surface area contributed by atoms with E-state index in [1.165, 1.54) is 12.1 Å². The lowest BCUT2D eigenvalue weighted by atomic mass is 10.0. The average Bonchev–Trinajstić information content (AvgIpc) is 2.61. The van der Waals surface area contributed by atoms with Crippen molar-refractivity contribution in [2.75, 3.05) is 6.54 Å². The maximum atomic E-state index is 12.3. The first-order valence-corrected chi connectivity index (χ1v) is 7.83. The van der Waals surface area contributed by atoms with Crippen molar-refractivity contribution < 1.29 is 19.8 Å². The Morgan fingerprint density at radius 2 is 1.68 bits per heavy atom. The first kappa shape index (κ1) is 16.8. The second-order valence-electron chi connectivity index (χ2n) is 5.33. The fourth-order valence-corrected chi connectivity index (χ4v) is 2.83. The Labute approximate surface area is 148 Å². The number of rotatable bonds is 4. The molecule has 25 heavy (non-hydrogen) atoms. The maximum absolute atomic E-state index is 12.3. The van der Waals surface area contributed by atoms with E-state index >= 15 is 0 Å². The lowest BCUT2D eigenvalue weighted by Gasteiger charge is -2.13. The zero-order valence-corrected chi connectivity index (χ0v) is 13.8. The minimum Gasteiger partial charge on any atom is -0.508 e. The van der Waals surface area contributed by atoms with Gasteiger partial charge >= 0.3 is 5.97 Å².